The highest BCUT2D eigenvalue weighted by Crippen LogP contribution is 2.41. The van der Waals surface area contributed by atoms with Gasteiger partial charge in [0.2, 0.25) is 5.16 Å². The van der Waals surface area contributed by atoms with E-state index in [4.69, 9.17) is 5.73 Å². The third kappa shape index (κ3) is 4.30. The zero-order valence-electron chi connectivity index (χ0n) is 16.1. The molecule has 2 aromatic rings. The number of amides is 2. The molecule has 0 saturated carbocycles. The Morgan fingerprint density at radius 2 is 2.16 bits per heavy atom. The van der Waals surface area contributed by atoms with E-state index in [1.807, 2.05) is 0 Å². The molecule has 0 spiro atoms. The molecule has 0 aromatic carbocycles. The highest BCUT2D eigenvalue weighted by Gasteiger charge is 2.54. The monoisotopic (exact) mass is 518 g/mol. The molecule has 2 atom stereocenters. The molecule has 2 aliphatic heterocycles. The Bertz CT molecular complexity index is 1130. The van der Waals surface area contributed by atoms with Gasteiger partial charge >= 0.3 is 5.97 Å². The number of aliphatic carboxylic acids is 1. The van der Waals surface area contributed by atoms with Crippen molar-refractivity contribution in [3.05, 3.63) is 22.3 Å². The van der Waals surface area contributed by atoms with Crippen molar-refractivity contribution >= 4 is 76.0 Å². The van der Waals surface area contributed by atoms with E-state index in [-0.39, 0.29) is 34.7 Å². The van der Waals surface area contributed by atoms with Crippen LogP contribution in [0.1, 0.15) is 10.5 Å². The Morgan fingerprint density at radius 1 is 1.41 bits per heavy atom. The molecule has 4 heterocycles. The second-order valence-electron chi connectivity index (χ2n) is 6.39. The fraction of sp³-hybridized carbons (Fsp3) is 0.333. The van der Waals surface area contributed by atoms with Crippen LogP contribution in [0.5, 0.6) is 0 Å². The Morgan fingerprint density at radius 3 is 2.75 bits per heavy atom. The maximum Gasteiger partial charge on any atom is 0.352 e. The predicted octanol–water partition coefficient (Wildman–Crippen LogP) is -0.616. The fourth-order valence-electron chi connectivity index (χ4n) is 3.00. The van der Waals surface area contributed by atoms with Crippen LogP contribution in [0.3, 0.4) is 0 Å². The zero-order chi connectivity index (χ0) is 22.3. The van der Waals surface area contributed by atoms with Crippen molar-refractivity contribution in [3.63, 3.8) is 0 Å². The number of fused-ring (bicyclic) bond motifs is 1. The smallest absolute Gasteiger partial charge is 0.352 e. The number of nitrogen functional groups attached to an aromatic ring is 1. The molecule has 1 saturated heterocycles. The average Bonchev–Trinajstić information content (AvgIpc) is 3.36. The summed E-state index contributed by atoms with van der Waals surface area (Å²) in [6, 6.07) is -1.01. The lowest BCUT2D eigenvalue weighted by Gasteiger charge is -2.49. The average molecular weight is 519 g/mol. The van der Waals surface area contributed by atoms with Crippen LogP contribution >= 0.6 is 47.3 Å². The first-order valence-corrected chi connectivity index (χ1v) is 11.5. The molecule has 2 aliphatic rings. The van der Waals surface area contributed by atoms with Crippen LogP contribution in [0.4, 0.5) is 5.13 Å². The number of thiazole rings is 1. The summed E-state index contributed by atoms with van der Waals surface area (Å²) in [4.78, 5) is 53.8. The summed E-state index contributed by atoms with van der Waals surface area (Å²) in [5.41, 5.74) is 5.77. The third-order valence-corrected chi connectivity index (χ3v) is 7.56. The molecule has 2 aromatic heterocycles. The number of ketones is 1. The highest BCUT2D eigenvalue weighted by atomic mass is 35.5. The number of carbonyl (C=O) groups excluding carboxylic acids is 3. The lowest BCUT2D eigenvalue weighted by Crippen LogP contribution is -2.71. The van der Waals surface area contributed by atoms with Crippen molar-refractivity contribution in [1.82, 2.24) is 35.4 Å². The summed E-state index contributed by atoms with van der Waals surface area (Å²) >= 11 is 3.57. The van der Waals surface area contributed by atoms with Gasteiger partial charge < -0.3 is 16.2 Å². The molecule has 13 nitrogen and oxygen atoms in total. The Kier molecular flexibility index (Phi) is 7.06. The highest BCUT2D eigenvalue weighted by molar-refractivity contribution is 8.01. The molecule has 1 fully saturated rings. The number of thioether (sulfide) groups is 2. The summed E-state index contributed by atoms with van der Waals surface area (Å²) in [6.45, 7) is 0. The summed E-state index contributed by atoms with van der Waals surface area (Å²) in [5, 5.41) is 24.5. The fourth-order valence-corrected chi connectivity index (χ4v) is 5.88. The normalized spacial score (nSPS) is 19.7. The largest absolute Gasteiger partial charge is 0.477 e. The van der Waals surface area contributed by atoms with Crippen LogP contribution in [-0.2, 0) is 21.4 Å². The van der Waals surface area contributed by atoms with Crippen LogP contribution in [0.2, 0.25) is 0 Å². The summed E-state index contributed by atoms with van der Waals surface area (Å²) in [5.74, 6) is -3.15. The first kappa shape index (κ1) is 24.0. The van der Waals surface area contributed by atoms with Crippen LogP contribution in [0.15, 0.2) is 21.8 Å². The Labute approximate surface area is 198 Å². The van der Waals surface area contributed by atoms with E-state index in [9.17, 15) is 24.3 Å². The number of Topliss-reactive ketones (excluding diaryl/α,β-unsaturated/α-hetero) is 1. The van der Waals surface area contributed by atoms with E-state index in [1.54, 1.807) is 7.05 Å². The SMILES string of the molecule is Cl.Cn1nnnc1SCC1=C(C(=O)O)N2C(=O)C(NC(=O)C(=O)c3csc(N)n3)[C@H]2SC1. The van der Waals surface area contributed by atoms with Crippen molar-refractivity contribution in [1.29, 1.82) is 0 Å². The molecule has 0 bridgehead atoms. The number of nitrogens with two attached hydrogens (primary N) is 1. The predicted molar refractivity (Wildman–Crippen MR) is 117 cm³/mol. The Balaban J connectivity index is 0.00000289. The Hall–Kier alpha value is -2.69. The quantitative estimate of drug-likeness (QED) is 0.183. The molecule has 4 N–H and O–H groups in total. The number of aromatic nitrogens is 5. The molecule has 17 heteroatoms. The van der Waals surface area contributed by atoms with E-state index in [0.717, 1.165) is 16.2 Å². The minimum atomic E-state index is -1.25. The topological polar surface area (TPSA) is 186 Å². The summed E-state index contributed by atoms with van der Waals surface area (Å²) in [7, 11) is 1.66. The van der Waals surface area contributed by atoms with E-state index in [2.05, 4.69) is 25.8 Å². The number of anilines is 1. The minimum absolute atomic E-state index is 0. The number of carboxylic acids is 1. The number of carbonyl (C=O) groups is 4. The van der Waals surface area contributed by atoms with Gasteiger partial charge in [-0.1, -0.05) is 11.8 Å². The molecule has 0 aliphatic carbocycles. The van der Waals surface area contributed by atoms with Gasteiger partial charge in [0, 0.05) is 23.9 Å². The molecule has 4 rings (SSSR count). The van der Waals surface area contributed by atoms with Gasteiger partial charge in [0.1, 0.15) is 22.8 Å². The number of β-lactam (4-membered cyclic amide) rings is 1. The second kappa shape index (κ2) is 9.43. The molecular weight excluding hydrogens is 504 g/mol. The maximum atomic E-state index is 12.7. The van der Waals surface area contributed by atoms with Crippen LogP contribution in [-0.4, -0.2) is 81.7 Å². The number of hydrogen-bond acceptors (Lipinski definition) is 12. The summed E-state index contributed by atoms with van der Waals surface area (Å²) < 4.78 is 1.46. The first-order chi connectivity index (χ1) is 14.8. The number of carboxylic acid groups (broad SMARTS) is 1. The molecule has 2 amide bonds. The van der Waals surface area contributed by atoms with Gasteiger partial charge in [-0.15, -0.1) is 40.6 Å². The number of aryl methyl sites for hydroxylation is 1. The maximum absolute atomic E-state index is 12.7. The number of tetrazole rings is 1. The van der Waals surface area contributed by atoms with Crippen molar-refractivity contribution in [2.24, 2.45) is 7.05 Å². The molecule has 32 heavy (non-hydrogen) atoms. The van der Waals surface area contributed by atoms with Gasteiger partial charge in [-0.05, 0) is 16.0 Å². The van der Waals surface area contributed by atoms with Crippen molar-refractivity contribution in [2.45, 2.75) is 16.6 Å². The number of halogens is 1. The molecule has 1 unspecified atom stereocenters. The number of rotatable bonds is 7. The van der Waals surface area contributed by atoms with E-state index in [1.165, 1.54) is 33.6 Å². The third-order valence-electron chi connectivity index (χ3n) is 4.45. The van der Waals surface area contributed by atoms with Crippen LogP contribution in [0.25, 0.3) is 0 Å². The standard InChI is InChI=1S/C15H14N8O5S3.ClH/c1-22-15(19-20-21-22)31-3-5-2-29-12-7(11(26)23(12)8(5)13(27)28)18-10(25)9(24)6-4-30-14(16)17-6;/h4,7,12H,2-3H2,1H3,(H2,16,17)(H,18,25)(H,27,28);1H/t7?,12-;/m1./s1. The van der Waals surface area contributed by atoms with Crippen LogP contribution in [0, 0.1) is 0 Å². The second-order valence-corrected chi connectivity index (χ2v) is 9.33. The first-order valence-electron chi connectivity index (χ1n) is 8.59. The molecule has 0 radical (unpaired) electrons. The van der Waals surface area contributed by atoms with Gasteiger partial charge in [0.05, 0.1) is 0 Å². The molecule has 170 valence electrons. The van der Waals surface area contributed by atoms with Crippen molar-refractivity contribution in [2.75, 3.05) is 17.2 Å². The van der Waals surface area contributed by atoms with Gasteiger partial charge in [0.25, 0.3) is 17.6 Å². The minimum Gasteiger partial charge on any atom is -0.477 e. The van der Waals surface area contributed by atoms with E-state index >= 15 is 0 Å². The van der Waals surface area contributed by atoms with E-state index in [0.29, 0.717) is 16.5 Å². The van der Waals surface area contributed by atoms with E-state index < -0.39 is 35.0 Å². The van der Waals surface area contributed by atoms with Crippen molar-refractivity contribution in [3.8, 4) is 0 Å². The van der Waals surface area contributed by atoms with Crippen LogP contribution < -0.4 is 11.1 Å². The van der Waals surface area contributed by atoms with Gasteiger partial charge in [0.15, 0.2) is 5.13 Å². The number of nitrogens with one attached hydrogen (secondary N) is 1. The lowest BCUT2D eigenvalue weighted by atomic mass is 10.0. The van der Waals surface area contributed by atoms with Gasteiger partial charge in [-0.25, -0.2) is 14.5 Å². The molecular formula is C15H15ClN8O5S3. The van der Waals surface area contributed by atoms with Gasteiger partial charge in [-0.3, -0.25) is 19.3 Å². The zero-order valence-corrected chi connectivity index (χ0v) is 19.4. The summed E-state index contributed by atoms with van der Waals surface area (Å²) in [6.07, 6.45) is 0. The number of hydrogen-bond donors (Lipinski definition) is 3. The number of nitrogens with zero attached hydrogens (tertiary/aromatic N) is 6. The van der Waals surface area contributed by atoms with Gasteiger partial charge in [-0.2, -0.15) is 0 Å². The van der Waals surface area contributed by atoms with Crippen molar-refractivity contribution < 1.29 is 24.3 Å². The lowest BCUT2D eigenvalue weighted by molar-refractivity contribution is -0.150.